The maximum Gasteiger partial charge on any atom is 0.274 e. The zero-order valence-electron chi connectivity index (χ0n) is 10.1. The normalized spacial score (nSPS) is 20.6. The van der Waals surface area contributed by atoms with Crippen LogP contribution in [0.3, 0.4) is 0 Å². The van der Waals surface area contributed by atoms with Crippen LogP contribution in [0.2, 0.25) is 0 Å². The van der Waals surface area contributed by atoms with Crippen molar-refractivity contribution in [2.45, 2.75) is 31.7 Å². The lowest BCUT2D eigenvalue weighted by atomic mass is 9.99. The van der Waals surface area contributed by atoms with Gasteiger partial charge in [0.1, 0.15) is 5.69 Å². The third-order valence-electron chi connectivity index (χ3n) is 3.25. The third-order valence-corrected chi connectivity index (χ3v) is 3.47. The largest absolute Gasteiger partial charge is 0.340 e. The molecule has 1 fully saturated rings. The number of carbonyl (C=O) groups excluding carboxylic acids is 1. The van der Waals surface area contributed by atoms with E-state index >= 15 is 0 Å². The molecule has 94 valence electrons. The second-order valence-corrected chi connectivity index (χ2v) is 4.93. The molecule has 2 rings (SSSR count). The fourth-order valence-electron chi connectivity index (χ4n) is 2.36. The van der Waals surface area contributed by atoms with Crippen molar-refractivity contribution in [2.24, 2.45) is 7.05 Å². The van der Waals surface area contributed by atoms with E-state index in [4.69, 9.17) is 11.6 Å². The molecule has 0 aromatic carbocycles. The van der Waals surface area contributed by atoms with Crippen LogP contribution < -0.4 is 0 Å². The number of hydrogen-bond acceptors (Lipinski definition) is 2. The molecule has 0 saturated carbocycles. The number of hydrogen-bond donors (Lipinski definition) is 0. The minimum absolute atomic E-state index is 0.0421. The first kappa shape index (κ1) is 12.4. The average Bonchev–Trinajstić information content (AvgIpc) is 2.76. The van der Waals surface area contributed by atoms with Crippen LogP contribution >= 0.6 is 11.6 Å². The van der Waals surface area contributed by atoms with E-state index in [1.807, 2.05) is 11.9 Å². The van der Waals surface area contributed by atoms with E-state index in [9.17, 15) is 4.79 Å². The predicted octanol–water partition coefficient (Wildman–Crippen LogP) is 2.04. The van der Waals surface area contributed by atoms with E-state index in [0.29, 0.717) is 11.6 Å². The molecule has 0 spiro atoms. The van der Waals surface area contributed by atoms with Gasteiger partial charge < -0.3 is 9.47 Å². The van der Waals surface area contributed by atoms with Crippen molar-refractivity contribution in [3.63, 3.8) is 0 Å². The Morgan fingerprint density at radius 3 is 3.06 bits per heavy atom. The molecule has 1 aliphatic rings. The molecule has 0 aliphatic carbocycles. The number of nitrogens with zero attached hydrogens (tertiary/aromatic N) is 3. The van der Waals surface area contributed by atoms with Crippen LogP contribution in [0.1, 0.15) is 36.2 Å². The summed E-state index contributed by atoms with van der Waals surface area (Å²) in [4.78, 5) is 18.4. The summed E-state index contributed by atoms with van der Waals surface area (Å²) in [6.45, 7) is 0.830. The van der Waals surface area contributed by atoms with E-state index < -0.39 is 0 Å². The molecule has 17 heavy (non-hydrogen) atoms. The van der Waals surface area contributed by atoms with Crippen molar-refractivity contribution in [3.05, 3.63) is 18.2 Å². The molecule has 4 nitrogen and oxygen atoms in total. The molecule has 0 bridgehead atoms. The highest BCUT2D eigenvalue weighted by Gasteiger charge is 2.27. The topological polar surface area (TPSA) is 38.1 Å². The zero-order valence-corrected chi connectivity index (χ0v) is 10.9. The predicted molar refractivity (Wildman–Crippen MR) is 67.2 cm³/mol. The molecule has 1 saturated heterocycles. The van der Waals surface area contributed by atoms with Gasteiger partial charge in [-0.1, -0.05) is 0 Å². The van der Waals surface area contributed by atoms with Gasteiger partial charge in [-0.25, -0.2) is 4.98 Å². The fraction of sp³-hybridized carbons (Fsp3) is 0.667. The van der Waals surface area contributed by atoms with Crippen LogP contribution in [0, 0.1) is 0 Å². The fourth-order valence-corrected chi connectivity index (χ4v) is 2.62. The van der Waals surface area contributed by atoms with Crippen molar-refractivity contribution >= 4 is 17.5 Å². The SMILES string of the molecule is Cn1cnc(C(=O)N2CCCCC2CCCl)c1. The maximum absolute atomic E-state index is 12.3. The molecule has 1 atom stereocenters. The smallest absolute Gasteiger partial charge is 0.274 e. The van der Waals surface area contributed by atoms with E-state index in [2.05, 4.69) is 4.98 Å². The van der Waals surface area contributed by atoms with E-state index in [1.165, 1.54) is 6.42 Å². The van der Waals surface area contributed by atoms with Gasteiger partial charge in [0.2, 0.25) is 0 Å². The van der Waals surface area contributed by atoms with E-state index in [-0.39, 0.29) is 11.9 Å². The highest BCUT2D eigenvalue weighted by molar-refractivity contribution is 6.17. The van der Waals surface area contributed by atoms with Crippen molar-refractivity contribution in [2.75, 3.05) is 12.4 Å². The minimum Gasteiger partial charge on any atom is -0.340 e. The summed E-state index contributed by atoms with van der Waals surface area (Å²) in [6, 6.07) is 0.288. The Labute approximate surface area is 107 Å². The molecule has 1 aromatic rings. The number of halogens is 1. The number of imidazole rings is 1. The Hall–Kier alpha value is -1.03. The molecule has 1 unspecified atom stereocenters. The molecule has 0 radical (unpaired) electrons. The molecular weight excluding hydrogens is 238 g/mol. The number of alkyl halides is 1. The van der Waals surface area contributed by atoms with Gasteiger partial charge in [-0.2, -0.15) is 0 Å². The number of rotatable bonds is 3. The van der Waals surface area contributed by atoms with Gasteiger partial charge in [-0.05, 0) is 25.7 Å². The minimum atomic E-state index is 0.0421. The summed E-state index contributed by atoms with van der Waals surface area (Å²) >= 11 is 5.80. The number of likely N-dealkylation sites (tertiary alicyclic amines) is 1. The van der Waals surface area contributed by atoms with Crippen LogP contribution in [0.15, 0.2) is 12.5 Å². The van der Waals surface area contributed by atoms with Crippen LogP contribution in [0.25, 0.3) is 0 Å². The van der Waals surface area contributed by atoms with Gasteiger partial charge in [-0.3, -0.25) is 4.79 Å². The quantitative estimate of drug-likeness (QED) is 0.776. The monoisotopic (exact) mass is 255 g/mol. The molecule has 2 heterocycles. The third kappa shape index (κ3) is 2.80. The first-order valence-electron chi connectivity index (χ1n) is 6.07. The van der Waals surface area contributed by atoms with Gasteiger partial charge in [0, 0.05) is 31.7 Å². The van der Waals surface area contributed by atoms with Crippen molar-refractivity contribution in [3.8, 4) is 0 Å². The van der Waals surface area contributed by atoms with Crippen LogP contribution in [0.5, 0.6) is 0 Å². The summed E-state index contributed by atoms with van der Waals surface area (Å²) in [5.41, 5.74) is 0.536. The van der Waals surface area contributed by atoms with Gasteiger partial charge in [0.15, 0.2) is 0 Å². The summed E-state index contributed by atoms with van der Waals surface area (Å²) in [7, 11) is 1.87. The number of carbonyl (C=O) groups is 1. The van der Waals surface area contributed by atoms with Crippen molar-refractivity contribution < 1.29 is 4.79 Å². The highest BCUT2D eigenvalue weighted by atomic mass is 35.5. The molecule has 1 aromatic heterocycles. The standard InChI is InChI=1S/C12H18ClN3O/c1-15-8-11(14-9-15)12(17)16-7-3-2-4-10(16)5-6-13/h8-10H,2-7H2,1H3. The summed E-state index contributed by atoms with van der Waals surface area (Å²) in [5, 5.41) is 0. The van der Waals surface area contributed by atoms with Crippen LogP contribution in [-0.2, 0) is 7.05 Å². The Kier molecular flexibility index (Phi) is 4.05. The van der Waals surface area contributed by atoms with E-state index in [0.717, 1.165) is 25.8 Å². The first-order valence-corrected chi connectivity index (χ1v) is 6.60. The Morgan fingerprint density at radius 2 is 2.41 bits per heavy atom. The molecule has 0 N–H and O–H groups in total. The van der Waals surface area contributed by atoms with Crippen molar-refractivity contribution in [1.29, 1.82) is 0 Å². The van der Waals surface area contributed by atoms with Crippen LogP contribution in [0.4, 0.5) is 0 Å². The number of aromatic nitrogens is 2. The number of aryl methyl sites for hydroxylation is 1. The van der Waals surface area contributed by atoms with E-state index in [1.54, 1.807) is 17.1 Å². The number of piperidine rings is 1. The molecule has 5 heteroatoms. The average molecular weight is 256 g/mol. The summed E-state index contributed by atoms with van der Waals surface area (Å²) in [5.74, 6) is 0.650. The first-order chi connectivity index (χ1) is 8.22. The lowest BCUT2D eigenvalue weighted by Gasteiger charge is -2.35. The Bertz CT molecular complexity index is 389. The lowest BCUT2D eigenvalue weighted by Crippen LogP contribution is -2.44. The van der Waals surface area contributed by atoms with Crippen LogP contribution in [-0.4, -0.2) is 38.8 Å². The van der Waals surface area contributed by atoms with Crippen molar-refractivity contribution in [1.82, 2.24) is 14.5 Å². The number of amides is 1. The second kappa shape index (κ2) is 5.54. The second-order valence-electron chi connectivity index (χ2n) is 4.55. The Morgan fingerprint density at radius 1 is 1.59 bits per heavy atom. The molecule has 1 aliphatic heterocycles. The summed E-state index contributed by atoms with van der Waals surface area (Å²) in [6.07, 6.45) is 7.64. The molecule has 1 amide bonds. The zero-order chi connectivity index (χ0) is 12.3. The summed E-state index contributed by atoms with van der Waals surface area (Å²) < 4.78 is 1.80. The highest BCUT2D eigenvalue weighted by Crippen LogP contribution is 2.21. The van der Waals surface area contributed by atoms with Gasteiger partial charge in [0.25, 0.3) is 5.91 Å². The lowest BCUT2D eigenvalue weighted by molar-refractivity contribution is 0.0603. The Balaban J connectivity index is 2.10. The van der Waals surface area contributed by atoms with Gasteiger partial charge >= 0.3 is 0 Å². The van der Waals surface area contributed by atoms with Gasteiger partial charge in [-0.15, -0.1) is 11.6 Å². The van der Waals surface area contributed by atoms with Gasteiger partial charge in [0.05, 0.1) is 6.33 Å². The molecular formula is C12H18ClN3O. The maximum atomic E-state index is 12.3.